The molecule has 7 atom stereocenters. The minimum absolute atomic E-state index is 0.0145. The van der Waals surface area contributed by atoms with E-state index in [1.54, 1.807) is 0 Å². The first-order valence-corrected chi connectivity index (χ1v) is 17.0. The van der Waals surface area contributed by atoms with Crippen molar-refractivity contribution in [2.24, 2.45) is 23.2 Å². The molecule has 44 heavy (non-hydrogen) atoms. The first kappa shape index (κ1) is 30.5. The number of cyclic esters (lactones) is 1. The second-order valence-electron chi connectivity index (χ2n) is 13.5. The minimum Gasteiger partial charge on any atom is -0.458 e. The van der Waals surface area contributed by atoms with Crippen molar-refractivity contribution in [2.75, 3.05) is 20.0 Å². The third-order valence-electron chi connectivity index (χ3n) is 11.0. The number of carbonyl (C=O) groups is 1. The number of rotatable bonds is 11. The van der Waals surface area contributed by atoms with Crippen LogP contribution in [0.4, 0.5) is 0 Å². The summed E-state index contributed by atoms with van der Waals surface area (Å²) in [6, 6.07) is 20.0. The van der Waals surface area contributed by atoms with Gasteiger partial charge in [0.25, 0.3) is 0 Å². The van der Waals surface area contributed by atoms with Gasteiger partial charge in [0.2, 0.25) is 0 Å². The quantitative estimate of drug-likeness (QED) is 0.116. The molecule has 5 aliphatic rings. The fraction of sp³-hybridized carbons (Fsp3) is 0.571. The van der Waals surface area contributed by atoms with Crippen LogP contribution in [0.3, 0.4) is 0 Å². The van der Waals surface area contributed by atoms with Crippen molar-refractivity contribution in [1.82, 2.24) is 0 Å². The fourth-order valence-corrected chi connectivity index (χ4v) is 9.49. The first-order valence-electron chi connectivity index (χ1n) is 15.9. The highest BCUT2D eigenvalue weighted by molar-refractivity contribution is 7.41. The summed E-state index contributed by atoms with van der Waals surface area (Å²) in [4.78, 5) is 12.4. The average Bonchev–Trinajstić information content (AvgIpc) is 3.68. The summed E-state index contributed by atoms with van der Waals surface area (Å²) in [6.07, 6.45) is 2.32. The summed E-state index contributed by atoms with van der Waals surface area (Å²) < 4.78 is 44.4. The van der Waals surface area contributed by atoms with E-state index in [0.29, 0.717) is 32.3 Å². The number of benzene rings is 2. The van der Waals surface area contributed by atoms with Gasteiger partial charge in [-0.3, -0.25) is 4.52 Å². The fourth-order valence-electron chi connectivity index (χ4n) is 8.61. The predicted octanol–water partition coefficient (Wildman–Crippen LogP) is 6.88. The summed E-state index contributed by atoms with van der Waals surface area (Å²) in [6.45, 7) is 10.6. The number of epoxide rings is 1. The highest BCUT2D eigenvalue weighted by Gasteiger charge is 2.84. The lowest BCUT2D eigenvalue weighted by Gasteiger charge is -2.61. The third kappa shape index (κ3) is 4.98. The molecule has 7 rings (SSSR count). The third-order valence-corrected chi connectivity index (χ3v) is 12.0. The molecule has 3 fully saturated rings. The normalized spacial score (nSPS) is 35.6. The molecule has 2 saturated heterocycles. The summed E-state index contributed by atoms with van der Waals surface area (Å²) in [5.41, 5.74) is 2.69. The van der Waals surface area contributed by atoms with Crippen molar-refractivity contribution in [1.29, 1.82) is 0 Å². The molecule has 2 aromatic carbocycles. The second kappa shape index (κ2) is 11.9. The molecule has 7 unspecified atom stereocenters. The van der Waals surface area contributed by atoms with Gasteiger partial charge in [0.1, 0.15) is 17.8 Å². The molecule has 0 N–H and O–H groups in total. The standard InChI is InChI=1S/C35H43O8P/c1-23(2)27-17-30-35(43-30)33(3)16-15-26-28(20-37-32(26)36)29(33)21-39-34(35,4)31(27)38-22-42-44(40-18-24-11-7-5-8-12-24)41-19-25-13-9-6-10-14-25/h5-14,23,27,29-31H,15-22H2,1-4H3. The summed E-state index contributed by atoms with van der Waals surface area (Å²) in [5, 5.41) is 0. The number of fused-ring (bicyclic) bond motifs is 2. The Balaban J connectivity index is 1.09. The second-order valence-corrected chi connectivity index (χ2v) is 14.8. The van der Waals surface area contributed by atoms with Crippen molar-refractivity contribution in [2.45, 2.75) is 83.6 Å². The zero-order valence-corrected chi connectivity index (χ0v) is 26.9. The molecule has 9 heteroatoms. The van der Waals surface area contributed by atoms with E-state index in [-0.39, 0.29) is 42.2 Å². The maximum absolute atomic E-state index is 12.4. The van der Waals surface area contributed by atoms with Gasteiger partial charge in [-0.1, -0.05) is 81.4 Å². The molecule has 0 bridgehead atoms. The van der Waals surface area contributed by atoms with Gasteiger partial charge in [0.15, 0.2) is 6.79 Å². The Morgan fingerprint density at radius 3 is 2.25 bits per heavy atom. The number of hydrogen-bond donors (Lipinski definition) is 0. The lowest BCUT2D eigenvalue weighted by Crippen LogP contribution is -2.72. The van der Waals surface area contributed by atoms with Gasteiger partial charge in [-0.2, -0.15) is 0 Å². The monoisotopic (exact) mass is 622 g/mol. The van der Waals surface area contributed by atoms with E-state index in [4.69, 9.17) is 32.5 Å². The van der Waals surface area contributed by atoms with Crippen molar-refractivity contribution in [3.05, 3.63) is 82.9 Å². The molecule has 1 saturated carbocycles. The predicted molar refractivity (Wildman–Crippen MR) is 164 cm³/mol. The Morgan fingerprint density at radius 1 is 0.955 bits per heavy atom. The van der Waals surface area contributed by atoms with Crippen LogP contribution in [0.25, 0.3) is 0 Å². The van der Waals surface area contributed by atoms with Crippen LogP contribution in [0.2, 0.25) is 0 Å². The van der Waals surface area contributed by atoms with Crippen molar-refractivity contribution < 1.29 is 37.3 Å². The van der Waals surface area contributed by atoms with E-state index in [0.717, 1.165) is 41.5 Å². The van der Waals surface area contributed by atoms with Crippen LogP contribution in [0.1, 0.15) is 58.1 Å². The van der Waals surface area contributed by atoms with Crippen LogP contribution >= 0.6 is 8.60 Å². The summed E-state index contributed by atoms with van der Waals surface area (Å²) in [7, 11) is -1.69. The van der Waals surface area contributed by atoms with E-state index in [1.807, 2.05) is 60.7 Å². The average molecular weight is 623 g/mol. The molecule has 0 amide bonds. The van der Waals surface area contributed by atoms with E-state index in [2.05, 4.69) is 27.7 Å². The number of esters is 1. The van der Waals surface area contributed by atoms with Crippen LogP contribution in [-0.4, -0.2) is 49.4 Å². The van der Waals surface area contributed by atoms with Crippen LogP contribution < -0.4 is 0 Å². The number of hydrogen-bond acceptors (Lipinski definition) is 8. The number of ether oxygens (including phenoxy) is 4. The zero-order valence-electron chi connectivity index (χ0n) is 26.0. The largest absolute Gasteiger partial charge is 0.458 e. The van der Waals surface area contributed by atoms with Gasteiger partial charge in [-0.05, 0) is 54.7 Å². The van der Waals surface area contributed by atoms with Gasteiger partial charge < -0.3 is 28.0 Å². The molecule has 0 aromatic heterocycles. The summed E-state index contributed by atoms with van der Waals surface area (Å²) >= 11 is 0. The minimum atomic E-state index is -1.69. The molecule has 2 aromatic rings. The molecular weight excluding hydrogens is 579 g/mol. The molecule has 3 heterocycles. The molecule has 3 aliphatic heterocycles. The van der Waals surface area contributed by atoms with Crippen LogP contribution in [0.15, 0.2) is 71.8 Å². The van der Waals surface area contributed by atoms with E-state index >= 15 is 0 Å². The highest BCUT2D eigenvalue weighted by atomic mass is 31.2. The van der Waals surface area contributed by atoms with Crippen LogP contribution in [-0.2, 0) is 50.5 Å². The Labute approximate surface area is 261 Å². The molecule has 8 nitrogen and oxygen atoms in total. The molecular formula is C35H43O8P. The molecule has 1 spiro atoms. The van der Waals surface area contributed by atoms with Crippen molar-refractivity contribution >= 4 is 14.6 Å². The van der Waals surface area contributed by atoms with E-state index in [9.17, 15) is 4.79 Å². The van der Waals surface area contributed by atoms with Gasteiger partial charge in [-0.15, -0.1) is 0 Å². The van der Waals surface area contributed by atoms with Gasteiger partial charge in [0.05, 0.1) is 32.0 Å². The van der Waals surface area contributed by atoms with Gasteiger partial charge in [-0.25, -0.2) is 4.79 Å². The van der Waals surface area contributed by atoms with Crippen LogP contribution in [0.5, 0.6) is 0 Å². The Hall–Kier alpha value is -2.16. The van der Waals surface area contributed by atoms with E-state index < -0.39 is 19.8 Å². The molecule has 0 radical (unpaired) electrons. The zero-order chi connectivity index (χ0) is 30.5. The molecule has 2 aliphatic carbocycles. The number of carbonyl (C=O) groups excluding carboxylic acids is 1. The SMILES string of the molecule is CC(C)C1CC2OC23C2(C)CCC4=C(COC4=O)C2COC3(C)C1OCOP(OCc1ccccc1)OCc1ccccc1. The smallest absolute Gasteiger partial charge is 0.335 e. The van der Waals surface area contributed by atoms with Gasteiger partial charge >= 0.3 is 14.6 Å². The topological polar surface area (TPSA) is 85.0 Å². The van der Waals surface area contributed by atoms with Crippen LogP contribution in [0, 0.1) is 23.2 Å². The van der Waals surface area contributed by atoms with Crippen molar-refractivity contribution in [3.63, 3.8) is 0 Å². The molecule has 236 valence electrons. The lowest BCUT2D eigenvalue weighted by atomic mass is 9.49. The van der Waals surface area contributed by atoms with E-state index in [1.165, 1.54) is 0 Å². The summed E-state index contributed by atoms with van der Waals surface area (Å²) in [5.74, 6) is 0.512. The maximum atomic E-state index is 12.4. The highest BCUT2D eigenvalue weighted by Crippen LogP contribution is 2.72. The van der Waals surface area contributed by atoms with Crippen molar-refractivity contribution in [3.8, 4) is 0 Å². The maximum Gasteiger partial charge on any atom is 0.335 e. The Morgan fingerprint density at radius 2 is 1.61 bits per heavy atom. The lowest BCUT2D eigenvalue weighted by molar-refractivity contribution is -0.274. The Kier molecular flexibility index (Phi) is 8.24. The van der Waals surface area contributed by atoms with Gasteiger partial charge in [0, 0.05) is 16.9 Å². The Bertz CT molecular complexity index is 1340. The first-order chi connectivity index (χ1) is 21.3.